The Morgan fingerprint density at radius 3 is 2.90 bits per heavy atom. The number of hydrogen-bond acceptors (Lipinski definition) is 6. The van der Waals surface area contributed by atoms with E-state index in [1.807, 2.05) is 0 Å². The van der Waals surface area contributed by atoms with Crippen LogP contribution < -0.4 is 16.0 Å². The van der Waals surface area contributed by atoms with Crippen LogP contribution >= 0.6 is 15.9 Å². The summed E-state index contributed by atoms with van der Waals surface area (Å²) in [5, 5.41) is 10.9. The van der Waals surface area contributed by atoms with Crippen molar-refractivity contribution in [2.24, 2.45) is 5.84 Å². The van der Waals surface area contributed by atoms with Crippen molar-refractivity contribution < 1.29 is 9.66 Å². The van der Waals surface area contributed by atoms with Crippen LogP contribution in [0.4, 0.5) is 11.4 Å². The number of hydrogen-bond donors (Lipinski definition) is 2. The number of nitrogens with one attached hydrogen (secondary N) is 1. The highest BCUT2D eigenvalue weighted by Crippen LogP contribution is 2.30. The van der Waals surface area contributed by atoms with Crippen LogP contribution in [0.25, 0.3) is 0 Å². The topological polar surface area (TPSA) is 103 Å². The Balaban J connectivity index is 2.16. The van der Waals surface area contributed by atoms with E-state index in [9.17, 15) is 10.1 Å². The third kappa shape index (κ3) is 3.43. The Kier molecular flexibility index (Phi) is 4.49. The summed E-state index contributed by atoms with van der Waals surface area (Å²) in [7, 11) is 0. The molecule has 3 N–H and O–H groups in total. The molecule has 2 aromatic rings. The summed E-state index contributed by atoms with van der Waals surface area (Å²) < 4.78 is 6.06. The molecule has 8 heteroatoms. The van der Waals surface area contributed by atoms with E-state index in [0.717, 1.165) is 0 Å². The summed E-state index contributed by atoms with van der Waals surface area (Å²) in [6.45, 7) is 0.109. The Bertz CT molecular complexity index is 636. The first-order valence-corrected chi connectivity index (χ1v) is 6.37. The van der Waals surface area contributed by atoms with Crippen molar-refractivity contribution in [1.29, 1.82) is 0 Å². The highest BCUT2D eigenvalue weighted by Gasteiger charge is 2.15. The second-order valence-corrected chi connectivity index (χ2v) is 4.75. The van der Waals surface area contributed by atoms with E-state index in [1.54, 1.807) is 24.4 Å². The second-order valence-electron chi connectivity index (χ2n) is 3.84. The molecule has 0 fully saturated rings. The summed E-state index contributed by atoms with van der Waals surface area (Å²) in [4.78, 5) is 14.5. The lowest BCUT2D eigenvalue weighted by atomic mass is 10.3. The molecule has 0 saturated heterocycles. The minimum Gasteiger partial charge on any atom is -0.480 e. The molecule has 0 aliphatic rings. The van der Waals surface area contributed by atoms with Crippen LogP contribution in [0.2, 0.25) is 0 Å². The lowest BCUT2D eigenvalue weighted by Gasteiger charge is -2.07. The van der Waals surface area contributed by atoms with E-state index in [1.165, 1.54) is 12.1 Å². The van der Waals surface area contributed by atoms with Crippen LogP contribution in [-0.4, -0.2) is 9.91 Å². The number of halogens is 1. The number of rotatable bonds is 5. The van der Waals surface area contributed by atoms with Gasteiger partial charge in [0.25, 0.3) is 0 Å². The van der Waals surface area contributed by atoms with Gasteiger partial charge in [0, 0.05) is 16.7 Å². The molecular weight excluding hydrogens is 328 g/mol. The minimum atomic E-state index is -0.495. The quantitative estimate of drug-likeness (QED) is 0.493. The van der Waals surface area contributed by atoms with Gasteiger partial charge in [-0.1, -0.05) is 15.9 Å². The van der Waals surface area contributed by atoms with E-state index in [-0.39, 0.29) is 18.0 Å². The summed E-state index contributed by atoms with van der Waals surface area (Å²) >= 11 is 3.18. The average Bonchev–Trinajstić information content (AvgIpc) is 2.46. The third-order valence-corrected chi connectivity index (χ3v) is 2.97. The fraction of sp³-hybridized carbons (Fsp3) is 0.0833. The molecule has 2 rings (SSSR count). The van der Waals surface area contributed by atoms with Gasteiger partial charge in [-0.25, -0.2) is 0 Å². The van der Waals surface area contributed by atoms with Crippen LogP contribution in [0.3, 0.4) is 0 Å². The van der Waals surface area contributed by atoms with Crippen LogP contribution in [0.15, 0.2) is 41.0 Å². The zero-order valence-corrected chi connectivity index (χ0v) is 11.8. The maximum Gasteiger partial charge on any atom is 0.312 e. The van der Waals surface area contributed by atoms with Crippen LogP contribution in [0.5, 0.6) is 5.75 Å². The van der Waals surface area contributed by atoms with Gasteiger partial charge < -0.3 is 10.2 Å². The van der Waals surface area contributed by atoms with Crippen LogP contribution in [-0.2, 0) is 6.61 Å². The van der Waals surface area contributed by atoms with Crippen molar-refractivity contribution in [3.63, 3.8) is 0 Å². The number of anilines is 1. The smallest absolute Gasteiger partial charge is 0.312 e. The number of nitro groups is 1. The van der Waals surface area contributed by atoms with Gasteiger partial charge in [0.15, 0.2) is 5.75 Å². The molecule has 0 aliphatic carbocycles. The molecule has 1 aromatic carbocycles. The summed E-state index contributed by atoms with van der Waals surface area (Å²) in [6.07, 6.45) is 1.57. The number of ether oxygens (including phenoxy) is 1. The van der Waals surface area contributed by atoms with E-state index < -0.39 is 4.92 Å². The van der Waals surface area contributed by atoms with Crippen molar-refractivity contribution in [2.45, 2.75) is 6.61 Å². The molecule has 1 aromatic heterocycles. The van der Waals surface area contributed by atoms with Crippen molar-refractivity contribution in [1.82, 2.24) is 4.98 Å². The minimum absolute atomic E-state index is 0.104. The SMILES string of the molecule is NNc1ccnc(COc2ccc(Br)cc2[N+](=O)[O-])c1. The Hall–Kier alpha value is -2.19. The van der Waals surface area contributed by atoms with Gasteiger partial charge in [-0.15, -0.1) is 0 Å². The molecule has 0 saturated carbocycles. The normalized spacial score (nSPS) is 10.1. The van der Waals surface area contributed by atoms with Gasteiger partial charge in [0.05, 0.1) is 16.3 Å². The molecule has 104 valence electrons. The van der Waals surface area contributed by atoms with Crippen LogP contribution in [0, 0.1) is 10.1 Å². The van der Waals surface area contributed by atoms with Gasteiger partial charge in [0.2, 0.25) is 0 Å². The van der Waals surface area contributed by atoms with E-state index >= 15 is 0 Å². The summed E-state index contributed by atoms with van der Waals surface area (Å²) in [5.74, 6) is 5.48. The molecule has 0 amide bonds. The zero-order valence-electron chi connectivity index (χ0n) is 10.2. The lowest BCUT2D eigenvalue weighted by Crippen LogP contribution is -2.08. The summed E-state index contributed by atoms with van der Waals surface area (Å²) in [5.41, 5.74) is 3.68. The number of nitrogens with zero attached hydrogens (tertiary/aromatic N) is 2. The Morgan fingerprint density at radius 2 is 2.20 bits per heavy atom. The molecule has 1 heterocycles. The van der Waals surface area contributed by atoms with Crippen molar-refractivity contribution in [3.05, 3.63) is 56.8 Å². The monoisotopic (exact) mass is 338 g/mol. The van der Waals surface area contributed by atoms with Gasteiger partial charge in [0.1, 0.15) is 6.61 Å². The fourth-order valence-electron chi connectivity index (χ4n) is 1.55. The van der Waals surface area contributed by atoms with Crippen LogP contribution in [0.1, 0.15) is 5.69 Å². The molecule has 0 atom stereocenters. The number of benzene rings is 1. The first-order valence-electron chi connectivity index (χ1n) is 5.58. The maximum absolute atomic E-state index is 10.9. The predicted molar refractivity (Wildman–Crippen MR) is 77.2 cm³/mol. The maximum atomic E-state index is 10.9. The number of aromatic nitrogens is 1. The van der Waals surface area contributed by atoms with Crippen molar-refractivity contribution in [2.75, 3.05) is 5.43 Å². The van der Waals surface area contributed by atoms with Gasteiger partial charge in [-0.05, 0) is 24.3 Å². The Labute approximate surface area is 123 Å². The first kappa shape index (κ1) is 14.2. The molecule has 20 heavy (non-hydrogen) atoms. The van der Waals surface area contributed by atoms with E-state index in [0.29, 0.717) is 15.9 Å². The van der Waals surface area contributed by atoms with Gasteiger partial charge in [-0.3, -0.25) is 20.9 Å². The number of hydrazine groups is 1. The standard InChI is InChI=1S/C12H11BrN4O3/c13-8-1-2-12(11(5-8)17(18)19)20-7-10-6-9(16-14)3-4-15-10/h1-6H,7,14H2,(H,15,16). The third-order valence-electron chi connectivity index (χ3n) is 2.48. The molecule has 0 radical (unpaired) electrons. The van der Waals surface area contributed by atoms with Crippen molar-refractivity contribution in [3.8, 4) is 5.75 Å². The molecule has 0 aliphatic heterocycles. The highest BCUT2D eigenvalue weighted by molar-refractivity contribution is 9.10. The van der Waals surface area contributed by atoms with Gasteiger partial charge in [-0.2, -0.15) is 0 Å². The molecular formula is C12H11BrN4O3. The number of nitrogen functional groups attached to an aromatic ring is 1. The second kappa shape index (κ2) is 6.31. The fourth-order valence-corrected chi connectivity index (χ4v) is 1.90. The molecule has 0 spiro atoms. The first-order chi connectivity index (χ1) is 9.60. The predicted octanol–water partition coefficient (Wildman–Crippen LogP) is 2.62. The lowest BCUT2D eigenvalue weighted by molar-refractivity contribution is -0.386. The number of nitro benzene ring substituents is 1. The highest BCUT2D eigenvalue weighted by atomic mass is 79.9. The Morgan fingerprint density at radius 1 is 1.40 bits per heavy atom. The molecule has 0 bridgehead atoms. The van der Waals surface area contributed by atoms with Crippen molar-refractivity contribution >= 4 is 27.3 Å². The average molecular weight is 339 g/mol. The molecule has 0 unspecified atom stereocenters. The number of nitrogens with two attached hydrogens (primary N) is 1. The van der Waals surface area contributed by atoms with E-state index in [4.69, 9.17) is 10.6 Å². The largest absolute Gasteiger partial charge is 0.480 e. The summed E-state index contributed by atoms with van der Waals surface area (Å²) in [6, 6.07) is 8.00. The molecule has 7 nitrogen and oxygen atoms in total. The van der Waals surface area contributed by atoms with E-state index in [2.05, 4.69) is 26.3 Å². The van der Waals surface area contributed by atoms with Gasteiger partial charge >= 0.3 is 5.69 Å². The zero-order chi connectivity index (χ0) is 14.5. The number of pyridine rings is 1.